The van der Waals surface area contributed by atoms with E-state index in [1.54, 1.807) is 0 Å². The molecule has 0 amide bonds. The molecule has 2 heterocycles. The van der Waals surface area contributed by atoms with Gasteiger partial charge in [0.05, 0.1) is 19.3 Å². The summed E-state index contributed by atoms with van der Waals surface area (Å²) in [4.78, 5) is 0. The van der Waals surface area contributed by atoms with Crippen molar-refractivity contribution in [2.75, 3.05) is 6.61 Å². The highest BCUT2D eigenvalue weighted by atomic mass is 16.7. The van der Waals surface area contributed by atoms with Crippen LogP contribution >= 0.6 is 0 Å². The normalized spacial score (nSPS) is 34.2. The minimum atomic E-state index is -0.898. The summed E-state index contributed by atoms with van der Waals surface area (Å²) in [5, 5.41) is 10.6. The molecule has 2 aliphatic heterocycles. The van der Waals surface area contributed by atoms with Gasteiger partial charge in [-0.1, -0.05) is 60.7 Å². The van der Waals surface area contributed by atoms with Gasteiger partial charge in [-0.2, -0.15) is 0 Å². The fourth-order valence-corrected chi connectivity index (χ4v) is 3.29. The predicted molar refractivity (Wildman–Crippen MR) is 93.9 cm³/mol. The number of rotatable bonds is 4. The van der Waals surface area contributed by atoms with E-state index in [0.717, 1.165) is 11.1 Å². The Morgan fingerprint density at radius 2 is 1.69 bits per heavy atom. The summed E-state index contributed by atoms with van der Waals surface area (Å²) in [5.41, 5.74) is 8.07. The second-order valence-electron chi connectivity index (χ2n) is 6.58. The lowest BCUT2D eigenvalue weighted by atomic mass is 9.96. The summed E-state index contributed by atoms with van der Waals surface area (Å²) in [6.07, 6.45) is -3.13. The van der Waals surface area contributed by atoms with Crippen molar-refractivity contribution in [3.63, 3.8) is 0 Å². The van der Waals surface area contributed by atoms with Crippen LogP contribution in [0.2, 0.25) is 0 Å². The highest BCUT2D eigenvalue weighted by molar-refractivity contribution is 5.17. The van der Waals surface area contributed by atoms with Crippen molar-refractivity contribution in [1.82, 2.24) is 0 Å². The molecular formula is C20H23NO5. The minimum Gasteiger partial charge on any atom is -0.388 e. The average Bonchev–Trinajstić information content (AvgIpc) is 2.71. The molecule has 2 aromatic carbocycles. The van der Waals surface area contributed by atoms with Crippen molar-refractivity contribution in [3.05, 3.63) is 71.8 Å². The van der Waals surface area contributed by atoms with Gasteiger partial charge in [0.15, 0.2) is 12.6 Å². The van der Waals surface area contributed by atoms with Gasteiger partial charge >= 0.3 is 0 Å². The molecule has 0 aromatic heterocycles. The maximum Gasteiger partial charge on any atom is 0.184 e. The fraction of sp³-hybridized carbons (Fsp3) is 0.400. The van der Waals surface area contributed by atoms with E-state index < -0.39 is 36.9 Å². The summed E-state index contributed by atoms with van der Waals surface area (Å²) in [5.74, 6) is 0. The Hall–Kier alpha value is -1.80. The number of ether oxygens (including phenoxy) is 4. The van der Waals surface area contributed by atoms with Crippen LogP contribution in [0.25, 0.3) is 0 Å². The smallest absolute Gasteiger partial charge is 0.184 e. The van der Waals surface area contributed by atoms with E-state index in [1.165, 1.54) is 0 Å². The summed E-state index contributed by atoms with van der Waals surface area (Å²) in [6, 6.07) is 18.7. The Bertz CT molecular complexity index is 696. The third-order valence-electron chi connectivity index (χ3n) is 4.74. The van der Waals surface area contributed by atoms with E-state index in [-0.39, 0.29) is 0 Å². The Morgan fingerprint density at radius 1 is 1.00 bits per heavy atom. The average molecular weight is 357 g/mol. The van der Waals surface area contributed by atoms with E-state index in [2.05, 4.69) is 0 Å². The largest absolute Gasteiger partial charge is 0.388 e. The van der Waals surface area contributed by atoms with E-state index in [1.807, 2.05) is 60.7 Å². The van der Waals surface area contributed by atoms with Crippen molar-refractivity contribution in [2.24, 2.45) is 5.73 Å². The molecule has 0 saturated carbocycles. The standard InChI is InChI=1S/C20H23NO5/c21-16-17(22)18-15(12-24-19(26-18)14-9-5-2-6-10-14)25-20(16)23-11-13-7-3-1-4-8-13/h1-10,15-20,22H,11-12,21H2/t15-,16-,17+,18-,19+,20+/m1/s1. The molecule has 2 aromatic rings. The first-order valence-electron chi connectivity index (χ1n) is 8.79. The molecule has 0 aliphatic carbocycles. The van der Waals surface area contributed by atoms with Gasteiger partial charge in [-0.3, -0.25) is 0 Å². The summed E-state index contributed by atoms with van der Waals surface area (Å²) >= 11 is 0. The molecule has 2 fully saturated rings. The van der Waals surface area contributed by atoms with Gasteiger partial charge in [-0.05, 0) is 5.56 Å². The third kappa shape index (κ3) is 3.66. The van der Waals surface area contributed by atoms with Crippen LogP contribution in [0.3, 0.4) is 0 Å². The van der Waals surface area contributed by atoms with Crippen LogP contribution < -0.4 is 5.73 Å². The third-order valence-corrected chi connectivity index (χ3v) is 4.74. The molecule has 0 radical (unpaired) electrons. The number of hydrogen-bond acceptors (Lipinski definition) is 6. The fourth-order valence-electron chi connectivity index (χ4n) is 3.29. The second-order valence-corrected chi connectivity index (χ2v) is 6.58. The Labute approximate surface area is 152 Å². The van der Waals surface area contributed by atoms with Crippen molar-refractivity contribution in [3.8, 4) is 0 Å². The SMILES string of the molecule is N[C@H]1[C@@H](OCc2ccccc2)O[C@@H]2CO[C@H](c3ccccc3)O[C@H]2[C@H]1O. The van der Waals surface area contributed by atoms with Crippen LogP contribution in [0.4, 0.5) is 0 Å². The van der Waals surface area contributed by atoms with Crippen molar-refractivity contribution in [1.29, 1.82) is 0 Å². The van der Waals surface area contributed by atoms with Crippen LogP contribution in [0.15, 0.2) is 60.7 Å². The van der Waals surface area contributed by atoms with Gasteiger partial charge < -0.3 is 29.8 Å². The first kappa shape index (κ1) is 17.6. The van der Waals surface area contributed by atoms with E-state index >= 15 is 0 Å². The van der Waals surface area contributed by atoms with E-state index in [9.17, 15) is 5.11 Å². The molecule has 2 aliphatic rings. The maximum absolute atomic E-state index is 10.6. The number of fused-ring (bicyclic) bond motifs is 1. The molecule has 6 nitrogen and oxygen atoms in total. The van der Waals surface area contributed by atoms with Gasteiger partial charge in [-0.15, -0.1) is 0 Å². The van der Waals surface area contributed by atoms with Crippen molar-refractivity contribution >= 4 is 0 Å². The van der Waals surface area contributed by atoms with Crippen LogP contribution in [0.1, 0.15) is 17.4 Å². The molecule has 6 heteroatoms. The first-order chi connectivity index (χ1) is 12.7. The van der Waals surface area contributed by atoms with Crippen molar-refractivity contribution in [2.45, 2.75) is 43.5 Å². The molecule has 3 N–H and O–H groups in total. The quantitative estimate of drug-likeness (QED) is 0.867. The number of benzene rings is 2. The summed E-state index contributed by atoms with van der Waals surface area (Å²) in [7, 11) is 0. The minimum absolute atomic E-state index is 0.305. The van der Waals surface area contributed by atoms with Crippen LogP contribution in [0, 0.1) is 0 Å². The molecule has 2 saturated heterocycles. The Balaban J connectivity index is 1.40. The van der Waals surface area contributed by atoms with Crippen LogP contribution in [0.5, 0.6) is 0 Å². The first-order valence-corrected chi connectivity index (χ1v) is 8.79. The zero-order valence-corrected chi connectivity index (χ0v) is 14.3. The summed E-state index contributed by atoms with van der Waals surface area (Å²) < 4.78 is 23.4. The van der Waals surface area contributed by atoms with Gasteiger partial charge in [0, 0.05) is 5.56 Å². The van der Waals surface area contributed by atoms with E-state index in [4.69, 9.17) is 24.7 Å². The maximum atomic E-state index is 10.6. The lowest BCUT2D eigenvalue weighted by molar-refractivity contribution is -0.343. The lowest BCUT2D eigenvalue weighted by Gasteiger charge is -2.46. The van der Waals surface area contributed by atoms with Crippen LogP contribution in [-0.4, -0.2) is 42.4 Å². The Kier molecular flexibility index (Phi) is 5.31. The molecule has 0 bridgehead atoms. The molecule has 26 heavy (non-hydrogen) atoms. The van der Waals surface area contributed by atoms with E-state index in [0.29, 0.717) is 13.2 Å². The monoisotopic (exact) mass is 357 g/mol. The zero-order valence-electron chi connectivity index (χ0n) is 14.3. The van der Waals surface area contributed by atoms with Crippen molar-refractivity contribution < 1.29 is 24.1 Å². The molecule has 0 unspecified atom stereocenters. The van der Waals surface area contributed by atoms with Gasteiger partial charge in [0.2, 0.25) is 0 Å². The highest BCUT2D eigenvalue weighted by Crippen LogP contribution is 2.33. The van der Waals surface area contributed by atoms with Gasteiger partial charge in [0.25, 0.3) is 0 Å². The highest BCUT2D eigenvalue weighted by Gasteiger charge is 2.48. The van der Waals surface area contributed by atoms with Crippen LogP contribution in [-0.2, 0) is 25.6 Å². The number of aliphatic hydroxyl groups is 1. The molecule has 6 atom stereocenters. The molecule has 138 valence electrons. The molecule has 4 rings (SSSR count). The summed E-state index contributed by atoms with van der Waals surface area (Å²) in [6.45, 7) is 0.664. The predicted octanol–water partition coefficient (Wildman–Crippen LogP) is 1.73. The second kappa shape index (κ2) is 7.84. The number of nitrogens with two attached hydrogens (primary N) is 1. The topological polar surface area (TPSA) is 83.2 Å². The number of hydrogen-bond donors (Lipinski definition) is 2. The van der Waals surface area contributed by atoms with Gasteiger partial charge in [0.1, 0.15) is 18.3 Å². The molecular weight excluding hydrogens is 334 g/mol. The molecule has 0 spiro atoms. The van der Waals surface area contributed by atoms with Gasteiger partial charge in [-0.25, -0.2) is 0 Å². The lowest BCUT2D eigenvalue weighted by Crippen LogP contribution is -2.64. The Morgan fingerprint density at radius 3 is 2.42 bits per heavy atom. The zero-order chi connectivity index (χ0) is 17.9. The number of aliphatic hydroxyl groups excluding tert-OH is 1.